The Kier molecular flexibility index (Phi) is 4.52. The third-order valence-corrected chi connectivity index (χ3v) is 4.73. The van der Waals surface area contributed by atoms with Crippen LogP contribution in [0.2, 0.25) is 10.0 Å². The van der Waals surface area contributed by atoms with Crippen LogP contribution in [-0.4, -0.2) is 50.7 Å². The van der Waals surface area contributed by atoms with Crippen molar-refractivity contribution in [2.45, 2.75) is 6.54 Å². The number of ether oxygens (including phenoxy) is 1. The molecule has 0 spiro atoms. The van der Waals surface area contributed by atoms with E-state index in [1.54, 1.807) is 34.9 Å². The van der Waals surface area contributed by atoms with E-state index in [4.69, 9.17) is 27.9 Å². The lowest BCUT2D eigenvalue weighted by molar-refractivity contribution is 0.0337. The summed E-state index contributed by atoms with van der Waals surface area (Å²) in [5.41, 5.74) is 2.74. The van der Waals surface area contributed by atoms with E-state index in [-0.39, 0.29) is 6.01 Å². The minimum atomic E-state index is -0.126. The summed E-state index contributed by atoms with van der Waals surface area (Å²) in [5.74, 6) is 0. The summed E-state index contributed by atoms with van der Waals surface area (Å²) in [6, 6.07) is 6.84. The van der Waals surface area contributed by atoms with Gasteiger partial charge in [0.25, 0.3) is 6.01 Å². The molecule has 1 fully saturated rings. The molecular formula is C17H16Cl2N4O2. The molecule has 8 heteroatoms. The van der Waals surface area contributed by atoms with Crippen LogP contribution in [0.5, 0.6) is 6.01 Å². The van der Waals surface area contributed by atoms with Gasteiger partial charge in [-0.3, -0.25) is 9.30 Å². The van der Waals surface area contributed by atoms with Gasteiger partial charge in [0.05, 0.1) is 29.6 Å². The summed E-state index contributed by atoms with van der Waals surface area (Å²) < 4.78 is 6.93. The summed E-state index contributed by atoms with van der Waals surface area (Å²) in [6.45, 7) is 3.94. The average molecular weight is 379 g/mol. The van der Waals surface area contributed by atoms with Crippen molar-refractivity contribution in [1.29, 1.82) is 0 Å². The van der Waals surface area contributed by atoms with Crippen LogP contribution in [0.1, 0.15) is 5.69 Å². The van der Waals surface area contributed by atoms with Crippen molar-refractivity contribution in [2.75, 3.05) is 26.3 Å². The number of rotatable bonds is 3. The number of morpholine rings is 1. The van der Waals surface area contributed by atoms with E-state index in [2.05, 4.69) is 14.9 Å². The van der Waals surface area contributed by atoms with Gasteiger partial charge in [0.15, 0.2) is 0 Å². The summed E-state index contributed by atoms with van der Waals surface area (Å²) in [4.78, 5) is 11.1. The fourth-order valence-corrected chi connectivity index (χ4v) is 3.43. The molecule has 3 heterocycles. The number of fused-ring (bicyclic) bond motifs is 1. The Balaban J connectivity index is 1.69. The van der Waals surface area contributed by atoms with Gasteiger partial charge in [0.2, 0.25) is 0 Å². The lowest BCUT2D eigenvalue weighted by Gasteiger charge is -2.25. The zero-order valence-electron chi connectivity index (χ0n) is 13.3. The van der Waals surface area contributed by atoms with Crippen LogP contribution in [0.3, 0.4) is 0 Å². The third-order valence-electron chi connectivity index (χ3n) is 4.18. The Bertz CT molecular complexity index is 922. The van der Waals surface area contributed by atoms with E-state index in [0.29, 0.717) is 33.5 Å². The predicted octanol–water partition coefficient (Wildman–Crippen LogP) is 3.24. The zero-order valence-corrected chi connectivity index (χ0v) is 14.8. The van der Waals surface area contributed by atoms with Crippen LogP contribution in [0.25, 0.3) is 16.9 Å². The highest BCUT2D eigenvalue weighted by Gasteiger charge is 2.15. The lowest BCUT2D eigenvalue weighted by Crippen LogP contribution is -2.35. The molecule has 130 valence electrons. The van der Waals surface area contributed by atoms with Gasteiger partial charge in [0.1, 0.15) is 5.65 Å². The SMILES string of the molecule is Oc1nc(-c2ccc(Cl)cc2Cl)cc2nc(CN3CCOCC3)cn12. The molecule has 3 aromatic rings. The Morgan fingerprint density at radius 1 is 1.12 bits per heavy atom. The Morgan fingerprint density at radius 3 is 2.68 bits per heavy atom. The molecule has 1 aliphatic heterocycles. The second-order valence-electron chi connectivity index (χ2n) is 5.91. The standard InChI is InChI=1S/C17H16Cl2N4O2/c18-11-1-2-13(14(19)7-11)15-8-16-20-12(10-23(16)17(24)21-15)9-22-3-5-25-6-4-22/h1-2,7-8,10H,3-6,9H2,(H,21,24). The largest absolute Gasteiger partial charge is 0.480 e. The molecule has 0 radical (unpaired) electrons. The fraction of sp³-hybridized carbons (Fsp3) is 0.294. The molecule has 25 heavy (non-hydrogen) atoms. The van der Waals surface area contributed by atoms with Crippen molar-refractivity contribution in [3.63, 3.8) is 0 Å². The van der Waals surface area contributed by atoms with Crippen molar-refractivity contribution < 1.29 is 9.84 Å². The van der Waals surface area contributed by atoms with Crippen molar-refractivity contribution in [3.05, 3.63) is 46.2 Å². The normalized spacial score (nSPS) is 15.8. The van der Waals surface area contributed by atoms with Gasteiger partial charge in [-0.25, -0.2) is 4.98 Å². The van der Waals surface area contributed by atoms with Crippen LogP contribution in [0.4, 0.5) is 0 Å². The minimum Gasteiger partial charge on any atom is -0.480 e. The van der Waals surface area contributed by atoms with Crippen molar-refractivity contribution >= 4 is 28.8 Å². The van der Waals surface area contributed by atoms with Crippen LogP contribution in [-0.2, 0) is 11.3 Å². The van der Waals surface area contributed by atoms with Crippen LogP contribution in [0, 0.1) is 0 Å². The van der Waals surface area contributed by atoms with E-state index >= 15 is 0 Å². The van der Waals surface area contributed by atoms with E-state index < -0.39 is 0 Å². The smallest absolute Gasteiger partial charge is 0.300 e. The number of benzene rings is 1. The maximum atomic E-state index is 10.3. The summed E-state index contributed by atoms with van der Waals surface area (Å²) in [6.07, 6.45) is 1.81. The van der Waals surface area contributed by atoms with Crippen LogP contribution < -0.4 is 0 Å². The van der Waals surface area contributed by atoms with Gasteiger partial charge < -0.3 is 9.84 Å². The van der Waals surface area contributed by atoms with Gasteiger partial charge >= 0.3 is 0 Å². The van der Waals surface area contributed by atoms with Crippen molar-refractivity contribution in [1.82, 2.24) is 19.3 Å². The molecule has 0 saturated carbocycles. The number of hydrogen-bond donors (Lipinski definition) is 1. The van der Waals surface area contributed by atoms with Gasteiger partial charge in [-0.2, -0.15) is 4.98 Å². The van der Waals surface area contributed by atoms with Crippen LogP contribution in [0.15, 0.2) is 30.5 Å². The Labute approximate surface area is 154 Å². The van der Waals surface area contributed by atoms with Gasteiger partial charge in [0, 0.05) is 42.5 Å². The van der Waals surface area contributed by atoms with E-state index in [0.717, 1.165) is 32.0 Å². The number of imidazole rings is 1. The predicted molar refractivity (Wildman–Crippen MR) is 96.2 cm³/mol. The number of aromatic hydroxyl groups is 1. The van der Waals surface area contributed by atoms with Gasteiger partial charge in [-0.15, -0.1) is 0 Å². The minimum absolute atomic E-state index is 0.126. The quantitative estimate of drug-likeness (QED) is 0.757. The van der Waals surface area contributed by atoms with Crippen molar-refractivity contribution in [3.8, 4) is 17.3 Å². The van der Waals surface area contributed by atoms with E-state index in [9.17, 15) is 5.11 Å². The molecule has 4 rings (SSSR count). The number of halogens is 2. The first kappa shape index (κ1) is 16.6. The summed E-state index contributed by atoms with van der Waals surface area (Å²) >= 11 is 12.2. The van der Waals surface area contributed by atoms with Crippen LogP contribution >= 0.6 is 23.2 Å². The zero-order chi connectivity index (χ0) is 17.4. The molecule has 6 nitrogen and oxygen atoms in total. The Morgan fingerprint density at radius 2 is 1.92 bits per heavy atom. The lowest BCUT2D eigenvalue weighted by atomic mass is 10.1. The maximum absolute atomic E-state index is 10.3. The molecule has 1 aromatic carbocycles. The topological polar surface area (TPSA) is 62.9 Å². The fourth-order valence-electron chi connectivity index (χ4n) is 2.92. The first-order chi connectivity index (χ1) is 12.1. The number of hydrogen-bond acceptors (Lipinski definition) is 5. The molecule has 2 aromatic heterocycles. The molecular weight excluding hydrogens is 363 g/mol. The number of nitrogens with zero attached hydrogens (tertiary/aromatic N) is 4. The summed E-state index contributed by atoms with van der Waals surface area (Å²) in [7, 11) is 0. The Hall–Kier alpha value is -1.86. The molecule has 1 aliphatic rings. The van der Waals surface area contributed by atoms with E-state index in [1.165, 1.54) is 0 Å². The first-order valence-corrected chi connectivity index (χ1v) is 8.69. The average Bonchev–Trinajstić information content (AvgIpc) is 2.99. The molecule has 0 atom stereocenters. The van der Waals surface area contributed by atoms with Gasteiger partial charge in [-0.1, -0.05) is 23.2 Å². The van der Waals surface area contributed by atoms with Crippen molar-refractivity contribution in [2.24, 2.45) is 0 Å². The second-order valence-corrected chi connectivity index (χ2v) is 6.76. The third kappa shape index (κ3) is 3.43. The first-order valence-electron chi connectivity index (χ1n) is 7.94. The second kappa shape index (κ2) is 6.80. The molecule has 1 saturated heterocycles. The summed E-state index contributed by atoms with van der Waals surface area (Å²) in [5, 5.41) is 11.3. The highest BCUT2D eigenvalue weighted by atomic mass is 35.5. The molecule has 0 unspecified atom stereocenters. The highest BCUT2D eigenvalue weighted by Crippen LogP contribution is 2.31. The number of aromatic nitrogens is 3. The highest BCUT2D eigenvalue weighted by molar-refractivity contribution is 6.36. The molecule has 0 bridgehead atoms. The van der Waals surface area contributed by atoms with E-state index in [1.807, 2.05) is 0 Å². The monoisotopic (exact) mass is 378 g/mol. The molecule has 0 amide bonds. The van der Waals surface area contributed by atoms with Gasteiger partial charge in [-0.05, 0) is 18.2 Å². The molecule has 0 aliphatic carbocycles. The maximum Gasteiger partial charge on any atom is 0.300 e. The molecule has 1 N–H and O–H groups in total.